The summed E-state index contributed by atoms with van der Waals surface area (Å²) in [5.41, 5.74) is 1.14. The maximum Gasteiger partial charge on any atom is 0.325 e. The second kappa shape index (κ2) is 6.88. The molecule has 6 nitrogen and oxygen atoms in total. The van der Waals surface area contributed by atoms with Gasteiger partial charge < -0.3 is 10.6 Å². The Morgan fingerprint density at radius 3 is 2.29 bits per heavy atom. The van der Waals surface area contributed by atoms with Crippen molar-refractivity contribution >= 4 is 29.2 Å². The number of carbonyl (C=O) groups excluding carboxylic acids is 3. The van der Waals surface area contributed by atoms with E-state index in [-0.39, 0.29) is 11.8 Å². The van der Waals surface area contributed by atoms with Gasteiger partial charge in [-0.2, -0.15) is 0 Å². The molecule has 1 saturated carbocycles. The predicted molar refractivity (Wildman–Crippen MR) is 79.9 cm³/mol. The highest BCUT2D eigenvalue weighted by Gasteiger charge is 2.22. The van der Waals surface area contributed by atoms with Gasteiger partial charge in [0.25, 0.3) is 0 Å². The van der Waals surface area contributed by atoms with E-state index in [2.05, 4.69) is 16.0 Å². The zero-order chi connectivity index (χ0) is 15.2. The minimum Gasteiger partial charge on any atom is -0.326 e. The first-order chi connectivity index (χ1) is 10.0. The van der Waals surface area contributed by atoms with Crippen molar-refractivity contribution in [3.05, 3.63) is 24.3 Å². The van der Waals surface area contributed by atoms with Gasteiger partial charge in [0, 0.05) is 24.2 Å². The fourth-order valence-corrected chi connectivity index (χ4v) is 2.43. The summed E-state index contributed by atoms with van der Waals surface area (Å²) in [6.07, 6.45) is 4.07. The topological polar surface area (TPSA) is 87.3 Å². The molecule has 4 amide bonds. The summed E-state index contributed by atoms with van der Waals surface area (Å²) >= 11 is 0. The van der Waals surface area contributed by atoms with Crippen molar-refractivity contribution in [3.63, 3.8) is 0 Å². The molecule has 0 saturated heterocycles. The summed E-state index contributed by atoms with van der Waals surface area (Å²) in [5.74, 6) is -0.321. The van der Waals surface area contributed by atoms with Gasteiger partial charge in [-0.1, -0.05) is 18.9 Å². The zero-order valence-corrected chi connectivity index (χ0v) is 11.9. The van der Waals surface area contributed by atoms with Gasteiger partial charge >= 0.3 is 6.03 Å². The van der Waals surface area contributed by atoms with Crippen LogP contribution in [0.3, 0.4) is 0 Å². The van der Waals surface area contributed by atoms with Gasteiger partial charge in [0.1, 0.15) is 0 Å². The van der Waals surface area contributed by atoms with E-state index in [4.69, 9.17) is 0 Å². The second-order valence-corrected chi connectivity index (χ2v) is 5.19. The molecule has 1 aromatic rings. The molecule has 3 N–H and O–H groups in total. The molecule has 0 radical (unpaired) electrons. The van der Waals surface area contributed by atoms with Gasteiger partial charge in [-0.3, -0.25) is 14.9 Å². The van der Waals surface area contributed by atoms with Crippen LogP contribution in [-0.4, -0.2) is 17.8 Å². The number of urea groups is 1. The van der Waals surface area contributed by atoms with E-state index in [1.165, 1.54) is 6.92 Å². The highest BCUT2D eigenvalue weighted by Crippen LogP contribution is 2.26. The van der Waals surface area contributed by atoms with Gasteiger partial charge in [-0.05, 0) is 31.0 Å². The Morgan fingerprint density at radius 1 is 1.05 bits per heavy atom. The molecule has 0 spiro atoms. The summed E-state index contributed by atoms with van der Waals surface area (Å²) in [6.45, 7) is 1.26. The quantitative estimate of drug-likeness (QED) is 0.799. The van der Waals surface area contributed by atoms with Crippen LogP contribution in [0, 0.1) is 5.92 Å². The molecule has 0 heterocycles. The Labute approximate surface area is 123 Å². The summed E-state index contributed by atoms with van der Waals surface area (Å²) < 4.78 is 0. The fraction of sp³-hybridized carbons (Fsp3) is 0.400. The lowest BCUT2D eigenvalue weighted by atomic mass is 10.1. The Hall–Kier alpha value is -2.37. The molecular formula is C15H19N3O3. The van der Waals surface area contributed by atoms with Crippen LogP contribution in [-0.2, 0) is 9.59 Å². The van der Waals surface area contributed by atoms with Crippen LogP contribution in [0.2, 0.25) is 0 Å². The number of amides is 4. The number of hydrogen-bond acceptors (Lipinski definition) is 3. The molecule has 6 heteroatoms. The number of carbonyl (C=O) groups is 3. The van der Waals surface area contributed by atoms with Crippen molar-refractivity contribution in [2.24, 2.45) is 5.92 Å². The van der Waals surface area contributed by atoms with Crippen LogP contribution in [0.15, 0.2) is 24.3 Å². The predicted octanol–water partition coefficient (Wildman–Crippen LogP) is 2.48. The zero-order valence-electron chi connectivity index (χ0n) is 11.9. The highest BCUT2D eigenvalue weighted by atomic mass is 16.2. The average Bonchev–Trinajstić information content (AvgIpc) is 2.91. The van der Waals surface area contributed by atoms with Gasteiger partial charge in [-0.25, -0.2) is 4.79 Å². The van der Waals surface area contributed by atoms with Gasteiger partial charge in [0.2, 0.25) is 11.8 Å². The Kier molecular flexibility index (Phi) is 4.92. The van der Waals surface area contributed by atoms with Crippen molar-refractivity contribution in [2.75, 3.05) is 10.6 Å². The lowest BCUT2D eigenvalue weighted by molar-refractivity contribution is -0.120. The highest BCUT2D eigenvalue weighted by molar-refractivity contribution is 6.01. The second-order valence-electron chi connectivity index (χ2n) is 5.19. The van der Waals surface area contributed by atoms with Crippen LogP contribution in [0.4, 0.5) is 16.2 Å². The van der Waals surface area contributed by atoms with E-state index < -0.39 is 11.9 Å². The van der Waals surface area contributed by atoms with Crippen molar-refractivity contribution in [3.8, 4) is 0 Å². The van der Waals surface area contributed by atoms with E-state index in [0.717, 1.165) is 25.7 Å². The number of nitrogens with one attached hydrogen (secondary N) is 3. The van der Waals surface area contributed by atoms with Crippen molar-refractivity contribution in [1.29, 1.82) is 0 Å². The smallest absolute Gasteiger partial charge is 0.325 e. The third-order valence-corrected chi connectivity index (χ3v) is 3.40. The summed E-state index contributed by atoms with van der Waals surface area (Å²) in [7, 11) is 0. The Morgan fingerprint density at radius 2 is 1.67 bits per heavy atom. The molecule has 21 heavy (non-hydrogen) atoms. The molecule has 1 fully saturated rings. The van der Waals surface area contributed by atoms with E-state index in [0.29, 0.717) is 11.4 Å². The Bertz CT molecular complexity index is 551. The number of benzene rings is 1. The first-order valence-electron chi connectivity index (χ1n) is 7.04. The summed E-state index contributed by atoms with van der Waals surface area (Å²) in [5, 5.41) is 7.51. The lowest BCUT2D eigenvalue weighted by Crippen LogP contribution is -2.32. The minimum atomic E-state index is -0.596. The largest absolute Gasteiger partial charge is 0.326 e. The first-order valence-corrected chi connectivity index (χ1v) is 7.04. The minimum absolute atomic E-state index is 0.0258. The monoisotopic (exact) mass is 289 g/mol. The molecule has 1 aliphatic rings. The van der Waals surface area contributed by atoms with E-state index >= 15 is 0 Å². The van der Waals surface area contributed by atoms with Gasteiger partial charge in [-0.15, -0.1) is 0 Å². The number of anilines is 2. The molecule has 2 rings (SSSR count). The summed E-state index contributed by atoms with van der Waals surface area (Å²) in [4.78, 5) is 34.2. The van der Waals surface area contributed by atoms with E-state index in [1.54, 1.807) is 24.3 Å². The van der Waals surface area contributed by atoms with Crippen LogP contribution in [0.25, 0.3) is 0 Å². The van der Waals surface area contributed by atoms with Crippen LogP contribution in [0.5, 0.6) is 0 Å². The van der Waals surface area contributed by atoms with Gasteiger partial charge in [0.15, 0.2) is 0 Å². The third-order valence-electron chi connectivity index (χ3n) is 3.40. The number of hydrogen-bond donors (Lipinski definition) is 3. The average molecular weight is 289 g/mol. The maximum atomic E-state index is 12.0. The number of rotatable bonds is 3. The molecule has 112 valence electrons. The standard InChI is InChI=1S/C15H19N3O3/c1-10(19)16-15(21)18-13-8-4-7-12(9-13)17-14(20)11-5-2-3-6-11/h4,7-9,11H,2-3,5-6H2,1H3,(H,17,20)(H2,16,18,19,21). The van der Waals surface area contributed by atoms with Gasteiger partial charge in [0.05, 0.1) is 0 Å². The van der Waals surface area contributed by atoms with Crippen LogP contribution in [0.1, 0.15) is 32.6 Å². The normalized spacial score (nSPS) is 14.5. The SMILES string of the molecule is CC(=O)NC(=O)Nc1cccc(NC(=O)C2CCCC2)c1. The first kappa shape index (κ1) is 15.0. The van der Waals surface area contributed by atoms with Crippen LogP contribution < -0.4 is 16.0 Å². The van der Waals surface area contributed by atoms with E-state index in [9.17, 15) is 14.4 Å². The molecule has 0 unspecified atom stereocenters. The molecule has 0 atom stereocenters. The van der Waals surface area contributed by atoms with Crippen molar-refractivity contribution in [1.82, 2.24) is 5.32 Å². The molecule has 1 aromatic carbocycles. The lowest BCUT2D eigenvalue weighted by Gasteiger charge is -2.12. The maximum absolute atomic E-state index is 12.0. The summed E-state index contributed by atoms with van der Waals surface area (Å²) in [6, 6.07) is 6.24. The van der Waals surface area contributed by atoms with Crippen molar-refractivity contribution < 1.29 is 14.4 Å². The Balaban J connectivity index is 1.95. The fourth-order valence-electron chi connectivity index (χ4n) is 2.43. The number of imide groups is 1. The molecule has 0 aromatic heterocycles. The van der Waals surface area contributed by atoms with E-state index in [1.807, 2.05) is 0 Å². The molecule has 0 bridgehead atoms. The molecule has 1 aliphatic carbocycles. The molecular weight excluding hydrogens is 270 g/mol. The third kappa shape index (κ3) is 4.59. The van der Waals surface area contributed by atoms with Crippen molar-refractivity contribution in [2.45, 2.75) is 32.6 Å². The van der Waals surface area contributed by atoms with Crippen LogP contribution >= 0.6 is 0 Å². The molecule has 0 aliphatic heterocycles.